The first-order valence-corrected chi connectivity index (χ1v) is 4.54. The third-order valence-corrected chi connectivity index (χ3v) is 2.29. The summed E-state index contributed by atoms with van der Waals surface area (Å²) in [5.74, 6) is 1.24. The highest BCUT2D eigenvalue weighted by atomic mass is 19.1. The fraction of sp³-hybridized carbons (Fsp3) is 0.556. The zero-order valence-electron chi connectivity index (χ0n) is 7.98. The number of aromatic nitrogens is 2. The smallest absolute Gasteiger partial charge is 0.218 e. The first kappa shape index (κ1) is 9.18. The molecule has 76 valence electrons. The minimum absolute atomic E-state index is 0.417. The molecule has 2 heterocycles. The van der Waals surface area contributed by atoms with Crippen molar-refractivity contribution in [3.05, 3.63) is 12.4 Å². The molecule has 0 aromatic carbocycles. The molecule has 1 aliphatic heterocycles. The van der Waals surface area contributed by atoms with E-state index in [1.54, 1.807) is 13.2 Å². The summed E-state index contributed by atoms with van der Waals surface area (Å²) < 4.78 is 17.9. The van der Waals surface area contributed by atoms with E-state index in [1.165, 1.54) is 6.33 Å². The van der Waals surface area contributed by atoms with Crippen LogP contribution in [0.1, 0.15) is 6.42 Å². The van der Waals surface area contributed by atoms with Gasteiger partial charge >= 0.3 is 0 Å². The summed E-state index contributed by atoms with van der Waals surface area (Å²) in [6.45, 7) is 1.13. The molecular formula is C9H12FN3O. The van der Waals surface area contributed by atoms with Gasteiger partial charge in [-0.25, -0.2) is 14.4 Å². The Morgan fingerprint density at radius 1 is 1.57 bits per heavy atom. The minimum atomic E-state index is -0.740. The Morgan fingerprint density at radius 3 is 3.07 bits per heavy atom. The van der Waals surface area contributed by atoms with Gasteiger partial charge in [-0.3, -0.25) is 0 Å². The monoisotopic (exact) mass is 197 g/mol. The fourth-order valence-corrected chi connectivity index (χ4v) is 1.54. The molecule has 0 spiro atoms. The zero-order valence-corrected chi connectivity index (χ0v) is 7.98. The molecule has 0 aliphatic carbocycles. The molecule has 1 aromatic heterocycles. The van der Waals surface area contributed by atoms with E-state index in [0.717, 1.165) is 5.82 Å². The Bertz CT molecular complexity index is 321. The van der Waals surface area contributed by atoms with E-state index in [4.69, 9.17) is 4.74 Å². The number of hydrogen-bond acceptors (Lipinski definition) is 4. The van der Waals surface area contributed by atoms with E-state index in [9.17, 15) is 4.39 Å². The highest BCUT2D eigenvalue weighted by Crippen LogP contribution is 2.21. The molecule has 0 amide bonds. The van der Waals surface area contributed by atoms with Gasteiger partial charge in [-0.05, 0) is 6.42 Å². The molecule has 0 saturated carbocycles. The second-order valence-corrected chi connectivity index (χ2v) is 3.25. The molecule has 0 N–H and O–H groups in total. The summed E-state index contributed by atoms with van der Waals surface area (Å²) >= 11 is 0. The molecular weight excluding hydrogens is 185 g/mol. The lowest BCUT2D eigenvalue weighted by atomic mass is 10.3. The number of ether oxygens (including phenoxy) is 1. The predicted octanol–water partition coefficient (Wildman–Crippen LogP) is 1.03. The molecule has 0 bridgehead atoms. The van der Waals surface area contributed by atoms with Crippen molar-refractivity contribution >= 4 is 5.82 Å². The number of nitrogens with zero attached hydrogens (tertiary/aromatic N) is 3. The third-order valence-electron chi connectivity index (χ3n) is 2.29. The van der Waals surface area contributed by atoms with Crippen LogP contribution in [0.4, 0.5) is 10.2 Å². The molecule has 4 nitrogen and oxygen atoms in total. The number of methoxy groups -OCH3 is 1. The van der Waals surface area contributed by atoms with Crippen LogP contribution in [-0.4, -0.2) is 36.3 Å². The first-order chi connectivity index (χ1) is 6.79. The van der Waals surface area contributed by atoms with Crippen LogP contribution in [-0.2, 0) is 0 Å². The fourth-order valence-electron chi connectivity index (χ4n) is 1.54. The van der Waals surface area contributed by atoms with Crippen LogP contribution < -0.4 is 9.64 Å². The van der Waals surface area contributed by atoms with Crippen molar-refractivity contribution in [2.75, 3.05) is 25.1 Å². The Kier molecular flexibility index (Phi) is 2.47. The lowest BCUT2D eigenvalue weighted by Crippen LogP contribution is -2.21. The average molecular weight is 197 g/mol. The van der Waals surface area contributed by atoms with E-state index in [1.807, 2.05) is 4.90 Å². The van der Waals surface area contributed by atoms with Gasteiger partial charge in [0.2, 0.25) is 5.88 Å². The lowest BCUT2D eigenvalue weighted by molar-refractivity contribution is 0.364. The summed E-state index contributed by atoms with van der Waals surface area (Å²) in [4.78, 5) is 9.86. The van der Waals surface area contributed by atoms with E-state index in [2.05, 4.69) is 9.97 Å². The van der Waals surface area contributed by atoms with Gasteiger partial charge in [0.25, 0.3) is 0 Å². The van der Waals surface area contributed by atoms with Crippen molar-refractivity contribution in [2.24, 2.45) is 0 Å². The maximum Gasteiger partial charge on any atom is 0.218 e. The van der Waals surface area contributed by atoms with Gasteiger partial charge in [0, 0.05) is 12.6 Å². The maximum absolute atomic E-state index is 12.9. The second-order valence-electron chi connectivity index (χ2n) is 3.25. The Morgan fingerprint density at radius 2 is 2.43 bits per heavy atom. The Balaban J connectivity index is 2.15. The summed E-state index contributed by atoms with van der Waals surface area (Å²) in [7, 11) is 1.55. The van der Waals surface area contributed by atoms with Crippen LogP contribution in [0, 0.1) is 0 Å². The molecule has 0 radical (unpaired) electrons. The number of anilines is 1. The molecule has 1 unspecified atom stereocenters. The molecule has 1 aliphatic rings. The Labute approximate surface area is 81.7 Å². The minimum Gasteiger partial charge on any atom is -0.481 e. The lowest BCUT2D eigenvalue weighted by Gasteiger charge is -2.15. The van der Waals surface area contributed by atoms with Crippen molar-refractivity contribution in [2.45, 2.75) is 12.6 Å². The second kappa shape index (κ2) is 3.77. The SMILES string of the molecule is COc1cc(N2CCC(F)C2)ncn1. The Hall–Kier alpha value is -1.39. The van der Waals surface area contributed by atoms with Crippen LogP contribution in [0.5, 0.6) is 5.88 Å². The molecule has 1 fully saturated rings. The van der Waals surface area contributed by atoms with Gasteiger partial charge < -0.3 is 9.64 Å². The van der Waals surface area contributed by atoms with Crippen molar-refractivity contribution in [3.63, 3.8) is 0 Å². The predicted molar refractivity (Wildman–Crippen MR) is 50.3 cm³/mol. The van der Waals surface area contributed by atoms with Gasteiger partial charge in [-0.1, -0.05) is 0 Å². The summed E-state index contributed by atoms with van der Waals surface area (Å²) in [6.07, 6.45) is 1.27. The van der Waals surface area contributed by atoms with Crippen molar-refractivity contribution < 1.29 is 9.13 Å². The molecule has 1 saturated heterocycles. The summed E-state index contributed by atoms with van der Waals surface area (Å²) in [6, 6.07) is 1.72. The number of alkyl halides is 1. The van der Waals surface area contributed by atoms with Crippen LogP contribution >= 0.6 is 0 Å². The van der Waals surface area contributed by atoms with Crippen LogP contribution in [0.15, 0.2) is 12.4 Å². The standard InChI is InChI=1S/C9H12FN3O/c1-14-9-4-8(11-6-12-9)13-3-2-7(10)5-13/h4,6-7H,2-3,5H2,1H3. The number of hydrogen-bond donors (Lipinski definition) is 0. The van der Waals surface area contributed by atoms with Crippen molar-refractivity contribution in [3.8, 4) is 5.88 Å². The van der Waals surface area contributed by atoms with Gasteiger partial charge in [-0.2, -0.15) is 0 Å². The largest absolute Gasteiger partial charge is 0.481 e. The highest BCUT2D eigenvalue weighted by molar-refractivity contribution is 5.41. The average Bonchev–Trinajstić information content (AvgIpc) is 2.65. The number of halogens is 1. The third kappa shape index (κ3) is 1.76. The van der Waals surface area contributed by atoms with Gasteiger partial charge in [0.15, 0.2) is 0 Å². The first-order valence-electron chi connectivity index (χ1n) is 4.54. The molecule has 5 heteroatoms. The normalized spacial score (nSPS) is 21.3. The topological polar surface area (TPSA) is 38.2 Å². The van der Waals surface area contributed by atoms with E-state index < -0.39 is 6.17 Å². The summed E-state index contributed by atoms with van der Waals surface area (Å²) in [5.41, 5.74) is 0. The van der Waals surface area contributed by atoms with Gasteiger partial charge in [0.05, 0.1) is 13.7 Å². The maximum atomic E-state index is 12.9. The van der Waals surface area contributed by atoms with Crippen molar-refractivity contribution in [1.29, 1.82) is 0 Å². The van der Waals surface area contributed by atoms with E-state index >= 15 is 0 Å². The summed E-state index contributed by atoms with van der Waals surface area (Å²) in [5, 5.41) is 0. The quantitative estimate of drug-likeness (QED) is 0.709. The van der Waals surface area contributed by atoms with Crippen LogP contribution in [0.2, 0.25) is 0 Å². The van der Waals surface area contributed by atoms with Crippen LogP contribution in [0.25, 0.3) is 0 Å². The van der Waals surface area contributed by atoms with Gasteiger partial charge in [-0.15, -0.1) is 0 Å². The molecule has 1 aromatic rings. The molecule has 14 heavy (non-hydrogen) atoms. The number of rotatable bonds is 2. The van der Waals surface area contributed by atoms with Crippen LogP contribution in [0.3, 0.4) is 0 Å². The van der Waals surface area contributed by atoms with E-state index in [0.29, 0.717) is 25.4 Å². The molecule has 2 rings (SSSR count). The highest BCUT2D eigenvalue weighted by Gasteiger charge is 2.22. The van der Waals surface area contributed by atoms with Gasteiger partial charge in [0.1, 0.15) is 18.3 Å². The van der Waals surface area contributed by atoms with E-state index in [-0.39, 0.29) is 0 Å². The zero-order chi connectivity index (χ0) is 9.97. The molecule has 1 atom stereocenters. The van der Waals surface area contributed by atoms with Crippen molar-refractivity contribution in [1.82, 2.24) is 9.97 Å².